The molecule has 0 radical (unpaired) electrons. The highest BCUT2D eigenvalue weighted by Gasteiger charge is 2.71. The van der Waals surface area contributed by atoms with Crippen molar-refractivity contribution in [2.24, 2.45) is 0 Å². The number of nitrogens with one attached hydrogen (secondary N) is 1. The van der Waals surface area contributed by atoms with Gasteiger partial charge in [0.2, 0.25) is 0 Å². The van der Waals surface area contributed by atoms with Gasteiger partial charge in [0.25, 0.3) is 11.5 Å². The first-order valence-corrected chi connectivity index (χ1v) is 10.8. The van der Waals surface area contributed by atoms with E-state index in [1.165, 1.54) is 19.9 Å². The summed E-state index contributed by atoms with van der Waals surface area (Å²) in [5.74, 6) is -2.45. The van der Waals surface area contributed by atoms with Crippen LogP contribution < -0.4 is 5.32 Å². The molecule has 3 rings (SSSR count). The van der Waals surface area contributed by atoms with Gasteiger partial charge in [0.05, 0.1) is 10.5 Å². The highest BCUT2D eigenvalue weighted by molar-refractivity contribution is 7.17. The van der Waals surface area contributed by atoms with E-state index in [1.54, 1.807) is 0 Å². The summed E-state index contributed by atoms with van der Waals surface area (Å²) < 4.78 is 81.2. The molecule has 0 aliphatic heterocycles. The molecular formula is C22H18F6N2O5S. The molecule has 36 heavy (non-hydrogen) atoms. The maximum Gasteiger partial charge on any atom is 0.430 e. The van der Waals surface area contributed by atoms with Crippen molar-refractivity contribution < 1.29 is 51.3 Å². The van der Waals surface area contributed by atoms with Gasteiger partial charge in [-0.15, -0.1) is 11.3 Å². The number of amides is 1. The summed E-state index contributed by atoms with van der Waals surface area (Å²) in [6.07, 6.45) is -12.3. The number of aliphatic hydroxyl groups is 2. The second kappa shape index (κ2) is 9.01. The maximum atomic E-state index is 13.5. The first kappa shape index (κ1) is 27.4. The summed E-state index contributed by atoms with van der Waals surface area (Å²) in [4.78, 5) is 27.8. The molecule has 3 aromatic rings. The summed E-state index contributed by atoms with van der Waals surface area (Å²) in [6.45, 7) is 2.59. The Morgan fingerprint density at radius 3 is 2.00 bits per heavy atom. The van der Waals surface area contributed by atoms with Crippen LogP contribution in [-0.4, -0.2) is 56.7 Å². The normalized spacial score (nSPS) is 13.2. The Kier molecular flexibility index (Phi) is 6.85. The smallest absolute Gasteiger partial charge is 0.430 e. The van der Waals surface area contributed by atoms with Gasteiger partial charge in [0.1, 0.15) is 0 Å². The molecule has 0 fully saturated rings. The lowest BCUT2D eigenvalue weighted by atomic mass is 9.86. The minimum absolute atomic E-state index is 0.113. The van der Waals surface area contributed by atoms with E-state index in [-0.39, 0.29) is 27.4 Å². The number of aromatic nitrogens is 1. The van der Waals surface area contributed by atoms with Crippen molar-refractivity contribution in [3.05, 3.63) is 52.7 Å². The molecule has 0 spiro atoms. The van der Waals surface area contributed by atoms with Crippen LogP contribution in [0.1, 0.15) is 39.7 Å². The predicted octanol–water partition coefficient (Wildman–Crippen LogP) is 4.47. The Labute approximate surface area is 203 Å². The number of benzene rings is 2. The SMILES string of the molecule is CC(C)(O)CNC(=O)c1nc(C(=O)O)c(-c2ccc(C(O)(C(F)(F)F)C(F)(F)F)c3ccccc23)s1. The fourth-order valence-corrected chi connectivity index (χ4v) is 4.41. The monoisotopic (exact) mass is 536 g/mol. The zero-order chi connectivity index (χ0) is 27.3. The van der Waals surface area contributed by atoms with Gasteiger partial charge in [-0.2, -0.15) is 26.3 Å². The summed E-state index contributed by atoms with van der Waals surface area (Å²) in [5.41, 5.74) is -8.77. The lowest BCUT2D eigenvalue weighted by molar-refractivity contribution is -0.375. The quantitative estimate of drug-likeness (QED) is 0.345. The minimum Gasteiger partial charge on any atom is -0.476 e. The molecule has 0 atom stereocenters. The topological polar surface area (TPSA) is 120 Å². The highest BCUT2D eigenvalue weighted by Crippen LogP contribution is 2.52. The van der Waals surface area contributed by atoms with Crippen LogP contribution in [0.5, 0.6) is 0 Å². The van der Waals surface area contributed by atoms with Gasteiger partial charge in [0, 0.05) is 17.7 Å². The Hall–Kier alpha value is -3.23. The molecule has 0 unspecified atom stereocenters. The molecule has 14 heteroatoms. The molecule has 0 aliphatic carbocycles. The van der Waals surface area contributed by atoms with Gasteiger partial charge in [0.15, 0.2) is 10.7 Å². The van der Waals surface area contributed by atoms with Crippen LogP contribution >= 0.6 is 11.3 Å². The van der Waals surface area contributed by atoms with Crippen LogP contribution in [0.3, 0.4) is 0 Å². The predicted molar refractivity (Wildman–Crippen MR) is 117 cm³/mol. The van der Waals surface area contributed by atoms with Gasteiger partial charge < -0.3 is 20.6 Å². The molecule has 0 saturated heterocycles. The van der Waals surface area contributed by atoms with Gasteiger partial charge in [-0.3, -0.25) is 4.79 Å². The standard InChI is InChI=1S/C22H18F6N2O5S/c1-19(2,34)9-29-16(31)17-30-14(18(32)33)15(36-17)12-7-8-13(11-6-4-3-5-10(11)12)20(35,21(23,24)25)22(26,27)28/h3-8,34-35H,9H2,1-2H3,(H,29,31)(H,32,33). The number of carbonyl (C=O) groups excluding carboxylic acids is 1. The number of hydrogen-bond acceptors (Lipinski definition) is 6. The average molecular weight is 536 g/mol. The summed E-state index contributed by atoms with van der Waals surface area (Å²) in [6, 6.07) is 5.75. The molecular weight excluding hydrogens is 518 g/mol. The lowest BCUT2D eigenvalue weighted by Gasteiger charge is -2.33. The third-order valence-electron chi connectivity index (χ3n) is 5.08. The number of fused-ring (bicyclic) bond motifs is 1. The van der Waals surface area contributed by atoms with Crippen LogP contribution in [-0.2, 0) is 5.60 Å². The third kappa shape index (κ3) is 4.88. The number of carbonyl (C=O) groups is 2. The maximum absolute atomic E-state index is 13.5. The molecule has 194 valence electrons. The van der Waals surface area contributed by atoms with E-state index in [2.05, 4.69) is 10.3 Å². The zero-order valence-corrected chi connectivity index (χ0v) is 19.3. The summed E-state index contributed by atoms with van der Waals surface area (Å²) in [5, 5.41) is 30.4. The Balaban J connectivity index is 2.25. The molecule has 2 aromatic carbocycles. The second-order valence-electron chi connectivity index (χ2n) is 8.41. The Morgan fingerprint density at radius 2 is 1.50 bits per heavy atom. The van der Waals surface area contributed by atoms with Gasteiger partial charge in [-0.1, -0.05) is 36.4 Å². The van der Waals surface area contributed by atoms with Gasteiger partial charge in [-0.25, -0.2) is 9.78 Å². The molecule has 0 bridgehead atoms. The van der Waals surface area contributed by atoms with Crippen LogP contribution in [0.2, 0.25) is 0 Å². The molecule has 4 N–H and O–H groups in total. The first-order valence-electron chi connectivity index (χ1n) is 10.0. The molecule has 7 nitrogen and oxygen atoms in total. The van der Waals surface area contributed by atoms with E-state index in [4.69, 9.17) is 0 Å². The molecule has 0 saturated carbocycles. The van der Waals surface area contributed by atoms with Crippen molar-refractivity contribution in [3.63, 3.8) is 0 Å². The third-order valence-corrected chi connectivity index (χ3v) is 6.17. The van der Waals surface area contributed by atoms with Crippen molar-refractivity contribution >= 4 is 34.0 Å². The summed E-state index contributed by atoms with van der Waals surface area (Å²) >= 11 is 0.546. The van der Waals surface area contributed by atoms with E-state index >= 15 is 0 Å². The number of aromatic carboxylic acids is 1. The van der Waals surface area contributed by atoms with Crippen molar-refractivity contribution in [1.82, 2.24) is 10.3 Å². The number of thiazole rings is 1. The van der Waals surface area contributed by atoms with Gasteiger partial charge in [-0.05, 0) is 24.6 Å². The number of carboxylic acids is 1. The highest BCUT2D eigenvalue weighted by atomic mass is 32.1. The number of hydrogen-bond donors (Lipinski definition) is 4. The van der Waals surface area contributed by atoms with Crippen LogP contribution in [0.4, 0.5) is 26.3 Å². The molecule has 1 amide bonds. The fourth-order valence-electron chi connectivity index (χ4n) is 3.40. The van der Waals surface area contributed by atoms with Crippen molar-refractivity contribution in [2.45, 2.75) is 37.4 Å². The Morgan fingerprint density at radius 1 is 0.944 bits per heavy atom. The van der Waals surface area contributed by atoms with E-state index in [9.17, 15) is 51.3 Å². The number of rotatable bonds is 6. The number of halogens is 6. The number of nitrogens with zero attached hydrogens (tertiary/aromatic N) is 1. The summed E-state index contributed by atoms with van der Waals surface area (Å²) in [7, 11) is 0. The molecule has 0 aliphatic rings. The largest absolute Gasteiger partial charge is 0.476 e. The van der Waals surface area contributed by atoms with Crippen molar-refractivity contribution in [1.29, 1.82) is 0 Å². The van der Waals surface area contributed by atoms with Crippen LogP contribution in [0.25, 0.3) is 21.2 Å². The fraction of sp³-hybridized carbons (Fsp3) is 0.318. The molecule has 1 heterocycles. The van der Waals surface area contributed by atoms with Crippen LogP contribution in [0.15, 0.2) is 36.4 Å². The second-order valence-corrected chi connectivity index (χ2v) is 9.41. The average Bonchev–Trinajstić information content (AvgIpc) is 3.20. The molecule has 1 aromatic heterocycles. The van der Waals surface area contributed by atoms with E-state index in [1.807, 2.05) is 0 Å². The van der Waals surface area contributed by atoms with E-state index in [0.717, 1.165) is 24.3 Å². The Bertz CT molecular complexity index is 1310. The van der Waals surface area contributed by atoms with Gasteiger partial charge >= 0.3 is 18.3 Å². The van der Waals surface area contributed by atoms with Crippen LogP contribution in [0, 0.1) is 0 Å². The van der Waals surface area contributed by atoms with Crippen molar-refractivity contribution in [2.75, 3.05) is 6.54 Å². The van der Waals surface area contributed by atoms with Crippen molar-refractivity contribution in [3.8, 4) is 10.4 Å². The lowest BCUT2D eigenvalue weighted by Crippen LogP contribution is -2.54. The number of carboxylic acid groups (broad SMARTS) is 1. The zero-order valence-electron chi connectivity index (χ0n) is 18.5. The van der Waals surface area contributed by atoms with E-state index < -0.39 is 52.1 Å². The number of alkyl halides is 6. The van der Waals surface area contributed by atoms with E-state index in [0.29, 0.717) is 17.4 Å². The minimum atomic E-state index is -6.13. The first-order chi connectivity index (χ1) is 16.4.